The number of pyridine rings is 1. The average Bonchev–Trinajstić information content (AvgIpc) is 2.07. The Morgan fingerprint density at radius 1 is 1.58 bits per heavy atom. The minimum Gasteiger partial charge on any atom is -0.466 e. The summed E-state index contributed by atoms with van der Waals surface area (Å²) in [7, 11) is 7.08. The van der Waals surface area contributed by atoms with Crippen LogP contribution in [0.1, 0.15) is 5.69 Å². The number of methoxy groups -OCH3 is 1. The smallest absolute Gasteiger partial charge is 0.188 e. The lowest BCUT2D eigenvalue weighted by Crippen LogP contribution is -2.08. The Labute approximate surface area is 73.1 Å². The van der Waals surface area contributed by atoms with Gasteiger partial charge >= 0.3 is 0 Å². The largest absolute Gasteiger partial charge is 0.466 e. The van der Waals surface area contributed by atoms with E-state index in [9.17, 15) is 0 Å². The van der Waals surface area contributed by atoms with Crippen molar-refractivity contribution in [3.63, 3.8) is 0 Å². The molecule has 1 aromatic heterocycles. The van der Waals surface area contributed by atoms with Crippen LogP contribution in [0.25, 0.3) is 0 Å². The summed E-state index contributed by atoms with van der Waals surface area (Å²) in [6, 6.07) is 1.72. The summed E-state index contributed by atoms with van der Waals surface area (Å²) < 4.78 is 9.95. The van der Waals surface area contributed by atoms with Crippen molar-refractivity contribution in [2.45, 2.75) is 6.92 Å². The van der Waals surface area contributed by atoms with Gasteiger partial charge in [0.25, 0.3) is 0 Å². The Bertz CT molecular complexity index is 265. The van der Waals surface area contributed by atoms with Crippen LogP contribution in [0.15, 0.2) is 12.3 Å². The molecular weight excluding hydrogens is 153 g/mol. The number of aromatic nitrogens is 1. The number of hydrogen-bond acceptors (Lipinski definition) is 3. The van der Waals surface area contributed by atoms with Crippen molar-refractivity contribution in [1.82, 2.24) is 4.98 Å². The second-order valence-corrected chi connectivity index (χ2v) is 2.40. The Balaban J connectivity index is 2.75. The third kappa shape index (κ3) is 2.24. The van der Waals surface area contributed by atoms with Gasteiger partial charge in [0.1, 0.15) is 13.6 Å². The van der Waals surface area contributed by atoms with E-state index >= 15 is 0 Å². The fraction of sp³-hybridized carbons (Fsp3) is 0.375. The van der Waals surface area contributed by atoms with Crippen molar-refractivity contribution in [3.05, 3.63) is 18.0 Å². The van der Waals surface area contributed by atoms with Gasteiger partial charge in [0.05, 0.1) is 5.69 Å². The van der Waals surface area contributed by atoms with E-state index in [1.165, 1.54) is 0 Å². The SMILES string of the molecule is [B]c1cnc(C)c(OCOC)c1. The van der Waals surface area contributed by atoms with Crippen LogP contribution >= 0.6 is 0 Å². The summed E-state index contributed by atoms with van der Waals surface area (Å²) in [6.45, 7) is 2.07. The van der Waals surface area contributed by atoms with E-state index in [4.69, 9.17) is 17.3 Å². The molecule has 0 aliphatic carbocycles. The Morgan fingerprint density at radius 2 is 2.33 bits per heavy atom. The average molecular weight is 163 g/mol. The maximum absolute atomic E-state index is 5.52. The number of ether oxygens (including phenoxy) is 2. The Hall–Kier alpha value is -1.03. The van der Waals surface area contributed by atoms with E-state index < -0.39 is 0 Å². The van der Waals surface area contributed by atoms with Gasteiger partial charge in [-0.05, 0) is 13.0 Å². The molecule has 0 bridgehead atoms. The lowest BCUT2D eigenvalue weighted by Gasteiger charge is -2.07. The highest BCUT2D eigenvalue weighted by Crippen LogP contribution is 2.11. The number of aryl methyl sites for hydroxylation is 1. The topological polar surface area (TPSA) is 31.4 Å². The summed E-state index contributed by atoms with van der Waals surface area (Å²) in [6.07, 6.45) is 1.59. The normalized spacial score (nSPS) is 9.83. The van der Waals surface area contributed by atoms with E-state index in [2.05, 4.69) is 4.98 Å². The molecule has 2 radical (unpaired) electrons. The maximum Gasteiger partial charge on any atom is 0.188 e. The van der Waals surface area contributed by atoms with Gasteiger partial charge in [-0.25, -0.2) is 0 Å². The molecule has 0 N–H and O–H groups in total. The summed E-state index contributed by atoms with van der Waals surface area (Å²) in [4.78, 5) is 4.03. The molecule has 1 rings (SSSR count). The van der Waals surface area contributed by atoms with Gasteiger partial charge in [-0.2, -0.15) is 0 Å². The van der Waals surface area contributed by atoms with Crippen molar-refractivity contribution in [2.75, 3.05) is 13.9 Å². The van der Waals surface area contributed by atoms with Gasteiger partial charge in [-0.15, -0.1) is 0 Å². The van der Waals surface area contributed by atoms with Crippen molar-refractivity contribution >= 4 is 13.3 Å². The molecule has 1 aromatic rings. The molecule has 0 saturated carbocycles. The molecule has 0 atom stereocenters. The van der Waals surface area contributed by atoms with Crippen molar-refractivity contribution in [3.8, 4) is 5.75 Å². The molecule has 4 heteroatoms. The second kappa shape index (κ2) is 4.11. The van der Waals surface area contributed by atoms with Gasteiger partial charge < -0.3 is 9.47 Å². The lowest BCUT2D eigenvalue weighted by atomic mass is 9.98. The van der Waals surface area contributed by atoms with Crippen LogP contribution < -0.4 is 10.2 Å². The highest BCUT2D eigenvalue weighted by Gasteiger charge is 1.99. The van der Waals surface area contributed by atoms with Gasteiger partial charge in [-0.1, -0.05) is 5.46 Å². The Kier molecular flexibility index (Phi) is 3.11. The van der Waals surface area contributed by atoms with Gasteiger partial charge in [0.2, 0.25) is 0 Å². The standard InChI is InChI=1S/C8H10BNO2/c1-6-8(12-5-11-2)3-7(9)4-10-6/h3-4H,5H2,1-2H3. The lowest BCUT2D eigenvalue weighted by molar-refractivity contribution is 0.0504. The summed E-state index contributed by atoms with van der Waals surface area (Å²) in [5.74, 6) is 0.664. The minimum atomic E-state index is 0.214. The highest BCUT2D eigenvalue weighted by molar-refractivity contribution is 6.32. The molecule has 0 amide bonds. The van der Waals surface area contributed by atoms with Gasteiger partial charge in [0, 0.05) is 13.3 Å². The number of nitrogens with zero attached hydrogens (tertiary/aromatic N) is 1. The summed E-state index contributed by atoms with van der Waals surface area (Å²) in [5.41, 5.74) is 1.40. The monoisotopic (exact) mass is 163 g/mol. The van der Waals surface area contributed by atoms with Crippen LogP contribution in [0.3, 0.4) is 0 Å². The van der Waals surface area contributed by atoms with Gasteiger partial charge in [-0.3, -0.25) is 4.98 Å². The van der Waals surface area contributed by atoms with Crippen LogP contribution in [0.5, 0.6) is 5.75 Å². The first-order valence-corrected chi connectivity index (χ1v) is 3.58. The van der Waals surface area contributed by atoms with Crippen molar-refractivity contribution in [2.24, 2.45) is 0 Å². The first-order chi connectivity index (χ1) is 5.74. The number of rotatable bonds is 3. The van der Waals surface area contributed by atoms with E-state index in [1.54, 1.807) is 19.4 Å². The molecule has 0 unspecified atom stereocenters. The zero-order chi connectivity index (χ0) is 8.97. The van der Waals surface area contributed by atoms with E-state index in [0.29, 0.717) is 11.2 Å². The predicted molar refractivity (Wildman–Crippen MR) is 46.9 cm³/mol. The van der Waals surface area contributed by atoms with Crippen LogP contribution in [-0.4, -0.2) is 26.7 Å². The van der Waals surface area contributed by atoms with Crippen LogP contribution in [0, 0.1) is 6.92 Å². The molecular formula is C8H10BNO2. The maximum atomic E-state index is 5.52. The molecule has 0 spiro atoms. The molecule has 0 aliphatic heterocycles. The zero-order valence-corrected chi connectivity index (χ0v) is 7.20. The second-order valence-electron chi connectivity index (χ2n) is 2.40. The quantitative estimate of drug-likeness (QED) is 0.470. The molecule has 3 nitrogen and oxygen atoms in total. The first kappa shape index (κ1) is 9.07. The molecule has 0 fully saturated rings. The molecule has 0 aromatic carbocycles. The van der Waals surface area contributed by atoms with E-state index in [-0.39, 0.29) is 6.79 Å². The minimum absolute atomic E-state index is 0.214. The van der Waals surface area contributed by atoms with Crippen LogP contribution in [0.4, 0.5) is 0 Å². The van der Waals surface area contributed by atoms with E-state index in [1.807, 2.05) is 6.92 Å². The molecule has 12 heavy (non-hydrogen) atoms. The number of hydrogen-bond donors (Lipinski definition) is 0. The van der Waals surface area contributed by atoms with Gasteiger partial charge in [0.15, 0.2) is 6.79 Å². The van der Waals surface area contributed by atoms with Crippen LogP contribution in [0.2, 0.25) is 0 Å². The first-order valence-electron chi connectivity index (χ1n) is 3.58. The molecule has 1 heterocycles. The fourth-order valence-electron chi connectivity index (χ4n) is 0.797. The fourth-order valence-corrected chi connectivity index (χ4v) is 0.797. The molecule has 0 aliphatic rings. The Morgan fingerprint density at radius 3 is 3.00 bits per heavy atom. The van der Waals surface area contributed by atoms with Crippen molar-refractivity contribution < 1.29 is 9.47 Å². The van der Waals surface area contributed by atoms with Crippen molar-refractivity contribution in [1.29, 1.82) is 0 Å². The molecule has 0 saturated heterocycles. The summed E-state index contributed by atoms with van der Waals surface area (Å²) in [5, 5.41) is 0. The van der Waals surface area contributed by atoms with E-state index in [0.717, 1.165) is 5.69 Å². The predicted octanol–water partition coefficient (Wildman–Crippen LogP) is 0.167. The summed E-state index contributed by atoms with van der Waals surface area (Å²) >= 11 is 0. The van der Waals surface area contributed by atoms with Crippen LogP contribution in [-0.2, 0) is 4.74 Å². The third-order valence-corrected chi connectivity index (χ3v) is 1.39. The highest BCUT2D eigenvalue weighted by atomic mass is 16.7. The third-order valence-electron chi connectivity index (χ3n) is 1.39. The zero-order valence-electron chi connectivity index (χ0n) is 7.20. The molecule has 62 valence electrons.